The number of hydrogen-bond donors (Lipinski definition) is 1. The lowest BCUT2D eigenvalue weighted by Crippen LogP contribution is -2.64. The monoisotopic (exact) mass is 262 g/mol. The summed E-state index contributed by atoms with van der Waals surface area (Å²) in [6.07, 6.45) is 9.13. The van der Waals surface area contributed by atoms with Crippen molar-refractivity contribution < 1.29 is 14.4 Å². The van der Waals surface area contributed by atoms with Crippen LogP contribution in [0.4, 0.5) is 4.79 Å². The summed E-state index contributed by atoms with van der Waals surface area (Å²) in [7, 11) is 0. The van der Waals surface area contributed by atoms with Crippen LogP contribution in [0, 0.1) is 24.2 Å². The van der Waals surface area contributed by atoms with Gasteiger partial charge >= 0.3 is 6.03 Å². The van der Waals surface area contributed by atoms with Gasteiger partial charge in [-0.2, -0.15) is 0 Å². The van der Waals surface area contributed by atoms with Crippen LogP contribution in [-0.2, 0) is 9.59 Å². The highest BCUT2D eigenvalue weighted by atomic mass is 16.2. The highest BCUT2D eigenvalue weighted by molar-refractivity contribution is 6.16. The molecule has 0 aromatic carbocycles. The Morgan fingerprint density at radius 2 is 1.84 bits per heavy atom. The molecule has 1 N–H and O–H groups in total. The molecule has 5 heteroatoms. The smallest absolute Gasteiger partial charge is 0.277 e. The third kappa shape index (κ3) is 2.23. The molecule has 102 valence electrons. The number of imide groups is 2. The second-order valence-corrected chi connectivity index (χ2v) is 5.69. The van der Waals surface area contributed by atoms with Gasteiger partial charge in [0.15, 0.2) is 0 Å². The van der Waals surface area contributed by atoms with Gasteiger partial charge in [0, 0.05) is 0 Å². The predicted molar refractivity (Wildman–Crippen MR) is 68.7 cm³/mol. The lowest BCUT2D eigenvalue weighted by Gasteiger charge is -2.39. The van der Waals surface area contributed by atoms with Crippen molar-refractivity contribution >= 4 is 17.8 Å². The molecule has 0 radical (unpaired) electrons. The maximum absolute atomic E-state index is 12.5. The number of amides is 4. The Balaban J connectivity index is 2.32. The number of terminal acetylenes is 1. The van der Waals surface area contributed by atoms with Gasteiger partial charge in [-0.05, 0) is 32.6 Å². The fraction of sp³-hybridized carbons (Fsp3) is 0.643. The molecule has 0 bridgehead atoms. The Kier molecular flexibility index (Phi) is 3.36. The summed E-state index contributed by atoms with van der Waals surface area (Å²) < 4.78 is 0. The molecule has 1 aliphatic heterocycles. The Hall–Kier alpha value is -1.83. The maximum atomic E-state index is 12.5. The lowest BCUT2D eigenvalue weighted by atomic mass is 9.86. The van der Waals surface area contributed by atoms with Crippen molar-refractivity contribution in [2.75, 3.05) is 0 Å². The highest BCUT2D eigenvalue weighted by Crippen LogP contribution is 2.35. The number of carbonyl (C=O) groups excluding carboxylic acids is 3. The second-order valence-electron chi connectivity index (χ2n) is 5.69. The molecule has 2 rings (SSSR count). The van der Waals surface area contributed by atoms with Gasteiger partial charge in [0.2, 0.25) is 11.8 Å². The number of urea groups is 1. The van der Waals surface area contributed by atoms with Gasteiger partial charge in [-0.25, -0.2) is 9.69 Å². The predicted octanol–water partition coefficient (Wildman–Crippen LogP) is 1.28. The van der Waals surface area contributed by atoms with E-state index in [0.29, 0.717) is 0 Å². The van der Waals surface area contributed by atoms with Crippen LogP contribution in [0.5, 0.6) is 0 Å². The first kappa shape index (κ1) is 13.6. The van der Waals surface area contributed by atoms with Crippen molar-refractivity contribution in [3.05, 3.63) is 0 Å². The average Bonchev–Trinajstić information content (AvgIpc) is 2.81. The van der Waals surface area contributed by atoms with Crippen LogP contribution >= 0.6 is 0 Å². The molecule has 1 heterocycles. The summed E-state index contributed by atoms with van der Waals surface area (Å²) in [5, 5.41) is 2.26. The Bertz CT molecular complexity index is 470. The van der Waals surface area contributed by atoms with Crippen molar-refractivity contribution in [2.45, 2.75) is 45.1 Å². The zero-order valence-electron chi connectivity index (χ0n) is 11.2. The van der Waals surface area contributed by atoms with Crippen molar-refractivity contribution in [3.63, 3.8) is 0 Å². The van der Waals surface area contributed by atoms with E-state index in [9.17, 15) is 14.4 Å². The third-order valence-electron chi connectivity index (χ3n) is 3.99. The molecule has 0 aromatic rings. The topological polar surface area (TPSA) is 66.5 Å². The van der Waals surface area contributed by atoms with E-state index in [4.69, 9.17) is 6.42 Å². The minimum absolute atomic E-state index is 0.0247. The van der Waals surface area contributed by atoms with Gasteiger partial charge in [0.05, 0.1) is 0 Å². The van der Waals surface area contributed by atoms with Gasteiger partial charge in [0.1, 0.15) is 11.5 Å². The van der Waals surface area contributed by atoms with Crippen molar-refractivity contribution in [2.24, 2.45) is 11.8 Å². The third-order valence-corrected chi connectivity index (χ3v) is 3.99. The fourth-order valence-corrected chi connectivity index (χ4v) is 2.89. The SMILES string of the molecule is C#CC(C)(C)N1C(=O)NC(=O)C(C2CCCC2)C1=O. The second kappa shape index (κ2) is 4.69. The zero-order chi connectivity index (χ0) is 14.2. The standard InChI is InChI=1S/C14H18N2O3/c1-4-14(2,3)16-12(18)10(9-7-5-6-8-9)11(17)15-13(16)19/h1,9-10H,5-8H2,2-3H3,(H,15,17,19). The molecule has 5 nitrogen and oxygen atoms in total. The summed E-state index contributed by atoms with van der Waals surface area (Å²) in [6, 6.07) is -0.716. The van der Waals surface area contributed by atoms with E-state index in [1.165, 1.54) is 0 Å². The van der Waals surface area contributed by atoms with E-state index in [1.54, 1.807) is 13.8 Å². The van der Waals surface area contributed by atoms with Crippen molar-refractivity contribution in [1.29, 1.82) is 0 Å². The van der Waals surface area contributed by atoms with Gasteiger partial charge in [-0.1, -0.05) is 18.8 Å². The van der Waals surface area contributed by atoms with Crippen LogP contribution < -0.4 is 5.32 Å². The summed E-state index contributed by atoms with van der Waals surface area (Å²) in [6.45, 7) is 3.23. The largest absolute Gasteiger partial charge is 0.332 e. The van der Waals surface area contributed by atoms with Crippen LogP contribution in [0.1, 0.15) is 39.5 Å². The number of nitrogens with one attached hydrogen (secondary N) is 1. The minimum Gasteiger partial charge on any atom is -0.277 e. The molecule has 1 saturated carbocycles. The molecule has 0 aromatic heterocycles. The Morgan fingerprint density at radius 1 is 1.26 bits per heavy atom. The normalized spacial score (nSPS) is 25.4. The summed E-state index contributed by atoms with van der Waals surface area (Å²) in [4.78, 5) is 37.3. The molecule has 0 spiro atoms. The first-order chi connectivity index (χ1) is 8.88. The van der Waals surface area contributed by atoms with E-state index >= 15 is 0 Å². The van der Waals surface area contributed by atoms with E-state index in [2.05, 4.69) is 11.2 Å². The van der Waals surface area contributed by atoms with E-state index in [-0.39, 0.29) is 5.92 Å². The number of nitrogens with zero attached hydrogens (tertiary/aromatic N) is 1. The lowest BCUT2D eigenvalue weighted by molar-refractivity contribution is -0.147. The van der Waals surface area contributed by atoms with E-state index < -0.39 is 29.3 Å². The minimum atomic E-state index is -1.03. The maximum Gasteiger partial charge on any atom is 0.332 e. The molecule has 1 aliphatic carbocycles. The Morgan fingerprint density at radius 3 is 2.37 bits per heavy atom. The molecule has 2 fully saturated rings. The van der Waals surface area contributed by atoms with Gasteiger partial charge in [0.25, 0.3) is 0 Å². The molecular formula is C14H18N2O3. The van der Waals surface area contributed by atoms with Crippen LogP contribution in [0.25, 0.3) is 0 Å². The van der Waals surface area contributed by atoms with Crippen molar-refractivity contribution in [1.82, 2.24) is 10.2 Å². The molecule has 1 saturated heterocycles. The number of rotatable bonds is 2. The molecular weight excluding hydrogens is 244 g/mol. The number of carbonyl (C=O) groups is 3. The molecule has 19 heavy (non-hydrogen) atoms. The first-order valence-corrected chi connectivity index (χ1v) is 6.55. The van der Waals surface area contributed by atoms with Gasteiger partial charge in [-0.3, -0.25) is 14.9 Å². The molecule has 1 atom stereocenters. The van der Waals surface area contributed by atoms with E-state index in [0.717, 1.165) is 30.6 Å². The van der Waals surface area contributed by atoms with Crippen LogP contribution in [0.3, 0.4) is 0 Å². The van der Waals surface area contributed by atoms with Crippen LogP contribution in [0.15, 0.2) is 0 Å². The number of hydrogen-bond acceptors (Lipinski definition) is 3. The highest BCUT2D eigenvalue weighted by Gasteiger charge is 2.49. The Labute approximate surface area is 112 Å². The number of barbiturate groups is 1. The molecule has 4 amide bonds. The summed E-state index contributed by atoms with van der Waals surface area (Å²) in [5.41, 5.74) is -1.03. The summed E-state index contributed by atoms with van der Waals surface area (Å²) in [5.74, 6) is 0.749. The van der Waals surface area contributed by atoms with Gasteiger partial charge in [-0.15, -0.1) is 6.42 Å². The molecule has 2 aliphatic rings. The molecule has 1 unspecified atom stereocenters. The van der Waals surface area contributed by atoms with Crippen molar-refractivity contribution in [3.8, 4) is 12.3 Å². The summed E-state index contributed by atoms with van der Waals surface area (Å²) >= 11 is 0. The van der Waals surface area contributed by atoms with Gasteiger partial charge < -0.3 is 0 Å². The average molecular weight is 262 g/mol. The quantitative estimate of drug-likeness (QED) is 0.602. The fourth-order valence-electron chi connectivity index (χ4n) is 2.89. The first-order valence-electron chi connectivity index (χ1n) is 6.55. The zero-order valence-corrected chi connectivity index (χ0v) is 11.2. The van der Waals surface area contributed by atoms with Crippen LogP contribution in [-0.4, -0.2) is 28.3 Å². The van der Waals surface area contributed by atoms with Crippen LogP contribution in [0.2, 0.25) is 0 Å². The van der Waals surface area contributed by atoms with E-state index in [1.807, 2.05) is 0 Å².